The van der Waals surface area contributed by atoms with Gasteiger partial charge in [0.05, 0.1) is 12.0 Å². The van der Waals surface area contributed by atoms with Crippen LogP contribution in [-0.2, 0) is 5.88 Å². The van der Waals surface area contributed by atoms with Crippen LogP contribution < -0.4 is 4.74 Å². The van der Waals surface area contributed by atoms with Gasteiger partial charge < -0.3 is 4.74 Å². The largest absolute Gasteiger partial charge is 0.490 e. The van der Waals surface area contributed by atoms with Crippen LogP contribution in [0.25, 0.3) is 0 Å². The Morgan fingerprint density at radius 3 is 2.94 bits per heavy atom. The van der Waals surface area contributed by atoms with Gasteiger partial charge in [-0.05, 0) is 43.4 Å². The molecule has 100 valence electrons. The third-order valence-corrected chi connectivity index (χ3v) is 4.55. The van der Waals surface area contributed by atoms with Gasteiger partial charge in [0.25, 0.3) is 0 Å². The number of benzene rings is 1. The molecule has 2 unspecified atom stereocenters. The zero-order valence-corrected chi connectivity index (χ0v) is 13.1. The first-order chi connectivity index (χ1) is 8.72. The molecule has 18 heavy (non-hydrogen) atoms. The first-order valence-corrected chi connectivity index (χ1v) is 8.06. The molecule has 1 aliphatic carbocycles. The van der Waals surface area contributed by atoms with Gasteiger partial charge in [-0.3, -0.25) is 0 Å². The maximum Gasteiger partial charge on any atom is 0.124 e. The van der Waals surface area contributed by atoms with E-state index in [1.165, 1.54) is 32.1 Å². The first kappa shape index (κ1) is 14.2. The second kappa shape index (κ2) is 6.81. The summed E-state index contributed by atoms with van der Waals surface area (Å²) in [4.78, 5) is 0. The minimum absolute atomic E-state index is 0.367. The molecule has 0 saturated heterocycles. The molecule has 0 aliphatic heterocycles. The van der Waals surface area contributed by atoms with Crippen molar-refractivity contribution in [1.29, 1.82) is 0 Å². The molecule has 0 aromatic heterocycles. The zero-order valence-electron chi connectivity index (χ0n) is 10.8. The summed E-state index contributed by atoms with van der Waals surface area (Å²) in [6.07, 6.45) is 6.65. The average Bonchev–Trinajstić information content (AvgIpc) is 2.41. The molecular weight excluding hydrogens is 312 g/mol. The van der Waals surface area contributed by atoms with Crippen molar-refractivity contribution in [3.63, 3.8) is 0 Å². The number of ether oxygens (including phenoxy) is 1. The van der Waals surface area contributed by atoms with Crippen LogP contribution in [0, 0.1) is 5.92 Å². The predicted octanol–water partition coefficient (Wildman–Crippen LogP) is 5.54. The van der Waals surface area contributed by atoms with Crippen molar-refractivity contribution in [3.8, 4) is 5.75 Å². The van der Waals surface area contributed by atoms with Crippen LogP contribution in [0.1, 0.15) is 44.6 Å². The van der Waals surface area contributed by atoms with Gasteiger partial charge in [0.1, 0.15) is 5.75 Å². The molecule has 0 amide bonds. The number of hydrogen-bond donors (Lipinski definition) is 0. The van der Waals surface area contributed by atoms with Crippen LogP contribution in [0.2, 0.25) is 0 Å². The Balaban J connectivity index is 2.04. The molecule has 1 aromatic carbocycles. The fraction of sp³-hybridized carbons (Fsp3) is 0.600. The Morgan fingerprint density at radius 1 is 1.39 bits per heavy atom. The Hall–Kier alpha value is -0.210. The van der Waals surface area contributed by atoms with Crippen LogP contribution in [-0.4, -0.2) is 6.10 Å². The lowest BCUT2D eigenvalue weighted by Crippen LogP contribution is -2.25. The van der Waals surface area contributed by atoms with E-state index in [2.05, 4.69) is 22.9 Å². The molecule has 1 saturated carbocycles. The summed E-state index contributed by atoms with van der Waals surface area (Å²) in [5, 5.41) is 0. The van der Waals surface area contributed by atoms with E-state index in [9.17, 15) is 0 Å². The van der Waals surface area contributed by atoms with E-state index in [0.717, 1.165) is 21.7 Å². The lowest BCUT2D eigenvalue weighted by Gasteiger charge is -2.29. The minimum atomic E-state index is 0.367. The molecule has 1 fully saturated rings. The minimum Gasteiger partial charge on any atom is -0.490 e. The molecule has 3 heteroatoms. The first-order valence-electron chi connectivity index (χ1n) is 6.74. The number of hydrogen-bond acceptors (Lipinski definition) is 1. The highest BCUT2D eigenvalue weighted by atomic mass is 79.9. The van der Waals surface area contributed by atoms with Crippen molar-refractivity contribution in [2.24, 2.45) is 5.92 Å². The van der Waals surface area contributed by atoms with Crippen molar-refractivity contribution in [3.05, 3.63) is 28.2 Å². The highest BCUT2D eigenvalue weighted by Gasteiger charge is 2.22. The van der Waals surface area contributed by atoms with E-state index in [1.54, 1.807) is 0 Å². The molecule has 0 radical (unpaired) electrons. The Bertz CT molecular complexity index is 394. The quantitative estimate of drug-likeness (QED) is 0.659. The predicted molar refractivity (Wildman–Crippen MR) is 80.4 cm³/mol. The SMILES string of the molecule is CCC1CCCC(Oc2ccc(Br)cc2CCl)C1. The maximum atomic E-state index is 6.16. The standard InChI is InChI=1S/C15H20BrClO/c1-2-11-4-3-5-14(8-11)18-15-7-6-13(16)9-12(15)10-17/h6-7,9,11,14H,2-5,8,10H2,1H3. The maximum absolute atomic E-state index is 6.16. The summed E-state index contributed by atoms with van der Waals surface area (Å²) >= 11 is 9.45. The van der Waals surface area contributed by atoms with Gasteiger partial charge in [-0.2, -0.15) is 0 Å². The van der Waals surface area contributed by atoms with Crippen LogP contribution >= 0.6 is 27.5 Å². The second-order valence-corrected chi connectivity index (χ2v) is 6.25. The second-order valence-electron chi connectivity index (χ2n) is 5.07. The topological polar surface area (TPSA) is 9.23 Å². The molecule has 0 spiro atoms. The van der Waals surface area contributed by atoms with E-state index in [4.69, 9.17) is 16.3 Å². The molecule has 0 bridgehead atoms. The number of alkyl halides is 1. The van der Waals surface area contributed by atoms with Gasteiger partial charge >= 0.3 is 0 Å². The third kappa shape index (κ3) is 3.64. The smallest absolute Gasteiger partial charge is 0.124 e. The summed E-state index contributed by atoms with van der Waals surface area (Å²) in [5.74, 6) is 2.28. The van der Waals surface area contributed by atoms with E-state index < -0.39 is 0 Å². The Kier molecular flexibility index (Phi) is 5.38. The van der Waals surface area contributed by atoms with Gasteiger partial charge in [0.2, 0.25) is 0 Å². The zero-order chi connectivity index (χ0) is 13.0. The van der Waals surface area contributed by atoms with Crippen LogP contribution in [0.5, 0.6) is 5.75 Å². The van der Waals surface area contributed by atoms with E-state index in [0.29, 0.717) is 12.0 Å². The summed E-state index contributed by atoms with van der Waals surface area (Å²) in [6.45, 7) is 2.27. The number of halogens is 2. The van der Waals surface area contributed by atoms with Gasteiger partial charge in [0, 0.05) is 10.0 Å². The molecular formula is C15H20BrClO. The fourth-order valence-corrected chi connectivity index (χ4v) is 3.28. The highest BCUT2D eigenvalue weighted by molar-refractivity contribution is 9.10. The summed E-state index contributed by atoms with van der Waals surface area (Å²) in [6, 6.07) is 6.09. The highest BCUT2D eigenvalue weighted by Crippen LogP contribution is 2.32. The van der Waals surface area contributed by atoms with Crippen molar-refractivity contribution >= 4 is 27.5 Å². The fourth-order valence-electron chi connectivity index (χ4n) is 2.67. The molecule has 1 aromatic rings. The van der Waals surface area contributed by atoms with Crippen molar-refractivity contribution in [2.45, 2.75) is 51.0 Å². The molecule has 2 rings (SSSR count). The van der Waals surface area contributed by atoms with Crippen molar-refractivity contribution in [1.82, 2.24) is 0 Å². The third-order valence-electron chi connectivity index (χ3n) is 3.77. The number of rotatable bonds is 4. The van der Waals surface area contributed by atoms with Gasteiger partial charge in [-0.25, -0.2) is 0 Å². The molecule has 1 nitrogen and oxygen atoms in total. The molecule has 0 heterocycles. The van der Waals surface area contributed by atoms with Gasteiger partial charge in [-0.1, -0.05) is 35.7 Å². The molecule has 1 aliphatic rings. The van der Waals surface area contributed by atoms with E-state index >= 15 is 0 Å². The van der Waals surface area contributed by atoms with Crippen LogP contribution in [0.3, 0.4) is 0 Å². The normalized spacial score (nSPS) is 23.9. The van der Waals surface area contributed by atoms with Crippen LogP contribution in [0.4, 0.5) is 0 Å². The lowest BCUT2D eigenvalue weighted by atomic mass is 9.85. The Morgan fingerprint density at radius 2 is 2.22 bits per heavy atom. The van der Waals surface area contributed by atoms with Gasteiger partial charge in [0.15, 0.2) is 0 Å². The van der Waals surface area contributed by atoms with Gasteiger partial charge in [-0.15, -0.1) is 11.6 Å². The van der Waals surface area contributed by atoms with Crippen LogP contribution in [0.15, 0.2) is 22.7 Å². The van der Waals surface area contributed by atoms with E-state index in [1.807, 2.05) is 18.2 Å². The molecule has 2 atom stereocenters. The Labute approximate surface area is 123 Å². The lowest BCUT2D eigenvalue weighted by molar-refractivity contribution is 0.121. The summed E-state index contributed by atoms with van der Waals surface area (Å²) in [7, 11) is 0. The molecule has 0 N–H and O–H groups in total. The van der Waals surface area contributed by atoms with Crippen molar-refractivity contribution < 1.29 is 4.74 Å². The monoisotopic (exact) mass is 330 g/mol. The summed E-state index contributed by atoms with van der Waals surface area (Å²) < 4.78 is 7.22. The average molecular weight is 332 g/mol. The van der Waals surface area contributed by atoms with E-state index in [-0.39, 0.29) is 0 Å². The van der Waals surface area contributed by atoms with Crippen molar-refractivity contribution in [2.75, 3.05) is 0 Å². The summed E-state index contributed by atoms with van der Waals surface area (Å²) in [5.41, 5.74) is 1.07.